The molecule has 1 aliphatic carbocycles. The molecule has 1 aliphatic heterocycles. The quantitative estimate of drug-likeness (QED) is 0.814. The summed E-state index contributed by atoms with van der Waals surface area (Å²) in [5.74, 6) is 0.275. The number of nitrogens with two attached hydrogens (primary N) is 1. The first kappa shape index (κ1) is 12.4. The van der Waals surface area contributed by atoms with Crippen molar-refractivity contribution in [3.63, 3.8) is 0 Å². The van der Waals surface area contributed by atoms with Gasteiger partial charge in [0.05, 0.1) is 0 Å². The van der Waals surface area contributed by atoms with E-state index in [9.17, 15) is 9.59 Å². The summed E-state index contributed by atoms with van der Waals surface area (Å²) in [6.07, 6.45) is 2.94. The molecule has 4 heteroatoms. The largest absolute Gasteiger partial charge is 0.337 e. The highest BCUT2D eigenvalue weighted by atomic mass is 16.2. The van der Waals surface area contributed by atoms with Gasteiger partial charge in [0.1, 0.15) is 5.78 Å². The number of likely N-dealkylation sites (tertiary alicyclic amines) is 1. The number of hydrogen-bond acceptors (Lipinski definition) is 3. The van der Waals surface area contributed by atoms with Gasteiger partial charge in [-0.2, -0.15) is 0 Å². The summed E-state index contributed by atoms with van der Waals surface area (Å²) in [5.41, 5.74) is 8.67. The number of carbonyl (C=O) groups is 2. The number of nitrogens with zero attached hydrogens (tertiary/aromatic N) is 1. The van der Waals surface area contributed by atoms with Crippen molar-refractivity contribution >= 4 is 11.7 Å². The fourth-order valence-electron chi connectivity index (χ4n) is 2.96. The molecule has 1 saturated heterocycles. The van der Waals surface area contributed by atoms with E-state index in [0.717, 1.165) is 30.5 Å². The van der Waals surface area contributed by atoms with E-state index >= 15 is 0 Å². The van der Waals surface area contributed by atoms with Crippen LogP contribution in [0.4, 0.5) is 0 Å². The molecule has 0 radical (unpaired) electrons. The minimum atomic E-state index is 0.0392. The fourth-order valence-corrected chi connectivity index (χ4v) is 2.96. The normalized spacial score (nSPS) is 22.5. The van der Waals surface area contributed by atoms with Crippen LogP contribution in [0.1, 0.15) is 34.3 Å². The lowest BCUT2D eigenvalue weighted by Crippen LogP contribution is -2.45. The summed E-state index contributed by atoms with van der Waals surface area (Å²) in [6.45, 7) is 1.41. The van der Waals surface area contributed by atoms with Crippen LogP contribution in [-0.4, -0.2) is 35.7 Å². The highest BCUT2D eigenvalue weighted by Crippen LogP contribution is 2.22. The molecule has 0 spiro atoms. The van der Waals surface area contributed by atoms with Crippen molar-refractivity contribution in [1.82, 2.24) is 4.90 Å². The van der Waals surface area contributed by atoms with Crippen molar-refractivity contribution in [2.75, 3.05) is 13.1 Å². The Morgan fingerprint density at radius 3 is 2.84 bits per heavy atom. The molecule has 19 heavy (non-hydrogen) atoms. The predicted molar refractivity (Wildman–Crippen MR) is 72.0 cm³/mol. The Bertz CT molecular complexity index is 539. The second-order valence-electron chi connectivity index (χ2n) is 5.53. The third-order valence-corrected chi connectivity index (χ3v) is 3.97. The SMILES string of the molecule is NC1CCCN(C(=O)c2ccc3c(c2)CC(=O)C3)C1. The van der Waals surface area contributed by atoms with E-state index in [1.165, 1.54) is 0 Å². The molecule has 1 fully saturated rings. The Morgan fingerprint density at radius 1 is 1.26 bits per heavy atom. The van der Waals surface area contributed by atoms with Crippen LogP contribution in [0.3, 0.4) is 0 Å². The second kappa shape index (κ2) is 4.78. The summed E-state index contributed by atoms with van der Waals surface area (Å²) < 4.78 is 0. The average Bonchev–Trinajstić information content (AvgIpc) is 2.76. The van der Waals surface area contributed by atoms with Crippen LogP contribution in [0.25, 0.3) is 0 Å². The van der Waals surface area contributed by atoms with E-state index in [1.807, 2.05) is 23.1 Å². The third kappa shape index (κ3) is 2.40. The summed E-state index contributed by atoms with van der Waals surface area (Å²) >= 11 is 0. The molecule has 1 atom stereocenters. The van der Waals surface area contributed by atoms with Crippen molar-refractivity contribution in [2.24, 2.45) is 5.73 Å². The van der Waals surface area contributed by atoms with Gasteiger partial charge in [-0.25, -0.2) is 0 Å². The van der Waals surface area contributed by atoms with E-state index in [0.29, 0.717) is 24.9 Å². The molecule has 2 N–H and O–H groups in total. The first-order valence-electron chi connectivity index (χ1n) is 6.82. The molecule has 2 aliphatic rings. The maximum Gasteiger partial charge on any atom is 0.253 e. The number of Topliss-reactive ketones (excluding diaryl/α,β-unsaturated/α-hetero) is 1. The van der Waals surface area contributed by atoms with Gasteiger partial charge in [-0.1, -0.05) is 6.07 Å². The minimum absolute atomic E-state index is 0.0392. The monoisotopic (exact) mass is 258 g/mol. The van der Waals surface area contributed by atoms with Crippen LogP contribution in [0.15, 0.2) is 18.2 Å². The third-order valence-electron chi connectivity index (χ3n) is 3.97. The Hall–Kier alpha value is -1.68. The van der Waals surface area contributed by atoms with E-state index < -0.39 is 0 Å². The number of carbonyl (C=O) groups excluding carboxylic acids is 2. The molecule has 100 valence electrons. The van der Waals surface area contributed by atoms with Crippen LogP contribution >= 0.6 is 0 Å². The van der Waals surface area contributed by atoms with Gasteiger partial charge in [0.25, 0.3) is 5.91 Å². The molecule has 0 aromatic heterocycles. The summed E-state index contributed by atoms with van der Waals surface area (Å²) in [6, 6.07) is 5.72. The molecular weight excluding hydrogens is 240 g/mol. The molecule has 0 saturated carbocycles. The molecule has 4 nitrogen and oxygen atoms in total. The van der Waals surface area contributed by atoms with Crippen LogP contribution in [-0.2, 0) is 17.6 Å². The first-order valence-corrected chi connectivity index (χ1v) is 6.82. The number of fused-ring (bicyclic) bond motifs is 1. The molecule has 3 rings (SSSR count). The fraction of sp³-hybridized carbons (Fsp3) is 0.467. The van der Waals surface area contributed by atoms with Crippen LogP contribution in [0, 0.1) is 0 Å². The second-order valence-corrected chi connectivity index (χ2v) is 5.53. The van der Waals surface area contributed by atoms with Crippen LogP contribution in [0.2, 0.25) is 0 Å². The Balaban J connectivity index is 1.81. The summed E-state index contributed by atoms with van der Waals surface area (Å²) in [4.78, 5) is 25.7. The summed E-state index contributed by atoms with van der Waals surface area (Å²) in [5, 5.41) is 0. The lowest BCUT2D eigenvalue weighted by molar-refractivity contribution is -0.117. The van der Waals surface area contributed by atoms with E-state index in [4.69, 9.17) is 5.73 Å². The number of rotatable bonds is 1. The maximum atomic E-state index is 12.4. The number of ketones is 1. The Kier molecular flexibility index (Phi) is 3.11. The van der Waals surface area contributed by atoms with Gasteiger partial charge in [-0.3, -0.25) is 9.59 Å². The zero-order valence-electron chi connectivity index (χ0n) is 10.9. The van der Waals surface area contributed by atoms with Gasteiger partial charge in [0.15, 0.2) is 0 Å². The highest BCUT2D eigenvalue weighted by Gasteiger charge is 2.24. The number of hydrogen-bond donors (Lipinski definition) is 1. The first-order chi connectivity index (χ1) is 9.13. The van der Waals surface area contributed by atoms with Gasteiger partial charge in [-0.15, -0.1) is 0 Å². The van der Waals surface area contributed by atoms with E-state index in [1.54, 1.807) is 0 Å². The zero-order chi connectivity index (χ0) is 13.4. The Morgan fingerprint density at radius 2 is 2.05 bits per heavy atom. The molecule has 1 aromatic rings. The average molecular weight is 258 g/mol. The highest BCUT2D eigenvalue weighted by molar-refractivity contribution is 5.96. The lowest BCUT2D eigenvalue weighted by Gasteiger charge is -2.30. The van der Waals surface area contributed by atoms with Gasteiger partial charge in [0, 0.05) is 37.5 Å². The van der Waals surface area contributed by atoms with Crippen molar-refractivity contribution < 1.29 is 9.59 Å². The molecule has 1 unspecified atom stereocenters. The van der Waals surface area contributed by atoms with Gasteiger partial charge < -0.3 is 10.6 Å². The predicted octanol–water partition coefficient (Wildman–Crippen LogP) is 0.918. The van der Waals surface area contributed by atoms with Gasteiger partial charge in [-0.05, 0) is 36.1 Å². The van der Waals surface area contributed by atoms with Gasteiger partial charge in [0.2, 0.25) is 0 Å². The molecule has 1 amide bonds. The van der Waals surface area contributed by atoms with Crippen LogP contribution in [0.5, 0.6) is 0 Å². The minimum Gasteiger partial charge on any atom is -0.337 e. The van der Waals surface area contributed by atoms with Crippen LogP contribution < -0.4 is 5.73 Å². The molecular formula is C15H18N2O2. The molecule has 0 bridgehead atoms. The number of amides is 1. The number of benzene rings is 1. The van der Waals surface area contributed by atoms with Crippen molar-refractivity contribution in [1.29, 1.82) is 0 Å². The molecule has 1 heterocycles. The van der Waals surface area contributed by atoms with Crippen molar-refractivity contribution in [2.45, 2.75) is 31.7 Å². The molecule has 1 aromatic carbocycles. The topological polar surface area (TPSA) is 63.4 Å². The van der Waals surface area contributed by atoms with Crippen molar-refractivity contribution in [3.05, 3.63) is 34.9 Å². The van der Waals surface area contributed by atoms with Crippen molar-refractivity contribution in [3.8, 4) is 0 Å². The zero-order valence-corrected chi connectivity index (χ0v) is 10.9. The lowest BCUT2D eigenvalue weighted by atomic mass is 10.0. The standard InChI is InChI=1S/C15H18N2O2/c16-13-2-1-5-17(9-13)15(19)11-4-3-10-7-14(18)8-12(10)6-11/h3-4,6,13H,1-2,5,7-9,16H2. The smallest absolute Gasteiger partial charge is 0.253 e. The Labute approximate surface area is 112 Å². The number of piperidine rings is 1. The van der Waals surface area contributed by atoms with Gasteiger partial charge >= 0.3 is 0 Å². The van der Waals surface area contributed by atoms with E-state index in [-0.39, 0.29) is 17.7 Å². The maximum absolute atomic E-state index is 12.4. The van der Waals surface area contributed by atoms with E-state index in [2.05, 4.69) is 0 Å². The summed E-state index contributed by atoms with van der Waals surface area (Å²) in [7, 11) is 0.